The summed E-state index contributed by atoms with van der Waals surface area (Å²) in [5.41, 5.74) is 0.443. The lowest BCUT2D eigenvalue weighted by Crippen LogP contribution is -2.08. The number of hydrogen-bond acceptors (Lipinski definition) is 2. The van der Waals surface area contributed by atoms with Crippen molar-refractivity contribution in [1.82, 2.24) is 0 Å². The smallest absolute Gasteiger partial charge is 0.343 e. The van der Waals surface area contributed by atoms with Gasteiger partial charge in [-0.2, -0.15) is 0 Å². The van der Waals surface area contributed by atoms with Crippen LogP contribution >= 0.6 is 23.2 Å². The van der Waals surface area contributed by atoms with Gasteiger partial charge in [0.05, 0.1) is 5.56 Å². The molecule has 104 valence electrons. The van der Waals surface area contributed by atoms with E-state index >= 15 is 0 Å². The van der Waals surface area contributed by atoms with Crippen molar-refractivity contribution in [3.8, 4) is 5.75 Å². The highest BCUT2D eigenvalue weighted by atomic mass is 35.5. The van der Waals surface area contributed by atoms with Gasteiger partial charge in [0.1, 0.15) is 5.75 Å². The first-order chi connectivity index (χ1) is 10.1. The third kappa shape index (κ3) is 2.87. The fourth-order valence-electron chi connectivity index (χ4n) is 2.07. The van der Waals surface area contributed by atoms with Gasteiger partial charge in [0.15, 0.2) is 0 Å². The van der Waals surface area contributed by atoms with Crippen molar-refractivity contribution in [1.29, 1.82) is 0 Å². The third-order valence-electron chi connectivity index (χ3n) is 3.11. The van der Waals surface area contributed by atoms with E-state index in [0.29, 0.717) is 21.4 Å². The van der Waals surface area contributed by atoms with Gasteiger partial charge in [-0.05, 0) is 36.4 Å². The molecule has 0 spiro atoms. The molecule has 0 saturated carbocycles. The van der Waals surface area contributed by atoms with Crippen molar-refractivity contribution in [3.63, 3.8) is 0 Å². The van der Waals surface area contributed by atoms with E-state index in [2.05, 4.69) is 0 Å². The highest BCUT2D eigenvalue weighted by molar-refractivity contribution is 6.35. The zero-order chi connectivity index (χ0) is 14.8. The van der Waals surface area contributed by atoms with Crippen LogP contribution in [0.4, 0.5) is 0 Å². The molecule has 0 aliphatic carbocycles. The summed E-state index contributed by atoms with van der Waals surface area (Å²) in [6, 6.07) is 17.5. The molecule has 0 bridgehead atoms. The van der Waals surface area contributed by atoms with E-state index in [1.807, 2.05) is 24.3 Å². The average Bonchev–Trinajstić information content (AvgIpc) is 2.51. The summed E-state index contributed by atoms with van der Waals surface area (Å²) in [7, 11) is 0. The van der Waals surface area contributed by atoms with Gasteiger partial charge in [0, 0.05) is 20.8 Å². The van der Waals surface area contributed by atoms with Crippen LogP contribution < -0.4 is 4.74 Å². The minimum Gasteiger partial charge on any atom is -0.422 e. The Morgan fingerprint density at radius 3 is 2.19 bits per heavy atom. The van der Waals surface area contributed by atoms with E-state index in [4.69, 9.17) is 27.9 Å². The quantitative estimate of drug-likeness (QED) is 0.469. The van der Waals surface area contributed by atoms with Crippen molar-refractivity contribution in [3.05, 3.63) is 76.3 Å². The van der Waals surface area contributed by atoms with Crippen molar-refractivity contribution in [2.75, 3.05) is 0 Å². The Balaban J connectivity index is 1.97. The Labute approximate surface area is 131 Å². The first kappa shape index (κ1) is 13.9. The molecule has 0 N–H and O–H groups in total. The molecule has 2 nitrogen and oxygen atoms in total. The minimum absolute atomic E-state index is 0.431. The van der Waals surface area contributed by atoms with Crippen molar-refractivity contribution in [2.45, 2.75) is 0 Å². The summed E-state index contributed by atoms with van der Waals surface area (Å²) in [5.74, 6) is 0.0501. The summed E-state index contributed by atoms with van der Waals surface area (Å²) in [4.78, 5) is 12.2. The van der Waals surface area contributed by atoms with Crippen LogP contribution in [0.2, 0.25) is 10.0 Å². The lowest BCUT2D eigenvalue weighted by molar-refractivity contribution is 0.0737. The van der Waals surface area contributed by atoms with E-state index in [1.165, 1.54) is 0 Å². The van der Waals surface area contributed by atoms with Gasteiger partial charge >= 0.3 is 5.97 Å². The monoisotopic (exact) mass is 316 g/mol. The molecule has 0 fully saturated rings. The average molecular weight is 317 g/mol. The lowest BCUT2D eigenvalue weighted by atomic mass is 10.1. The Kier molecular flexibility index (Phi) is 3.82. The van der Waals surface area contributed by atoms with E-state index in [1.54, 1.807) is 36.4 Å². The van der Waals surface area contributed by atoms with Crippen molar-refractivity contribution < 1.29 is 9.53 Å². The van der Waals surface area contributed by atoms with Crippen LogP contribution in [0.15, 0.2) is 60.7 Å². The zero-order valence-corrected chi connectivity index (χ0v) is 12.4. The number of halogens is 2. The van der Waals surface area contributed by atoms with Gasteiger partial charge < -0.3 is 4.74 Å². The Morgan fingerprint density at radius 2 is 1.48 bits per heavy atom. The molecule has 3 aromatic rings. The molecule has 3 rings (SSSR count). The van der Waals surface area contributed by atoms with Crippen LogP contribution in [-0.2, 0) is 0 Å². The second kappa shape index (κ2) is 5.76. The number of carbonyl (C=O) groups excluding carboxylic acids is 1. The first-order valence-electron chi connectivity index (χ1n) is 6.30. The highest BCUT2D eigenvalue weighted by Crippen LogP contribution is 2.31. The number of rotatable bonds is 2. The molecule has 0 radical (unpaired) electrons. The topological polar surface area (TPSA) is 26.3 Å². The molecule has 4 heteroatoms. The SMILES string of the molecule is O=C(Oc1ccc(Cl)c2ccccc12)c1ccc(Cl)cc1. The molecule has 21 heavy (non-hydrogen) atoms. The maximum atomic E-state index is 12.2. The Hall–Kier alpha value is -2.03. The van der Waals surface area contributed by atoms with Crippen LogP contribution in [0.25, 0.3) is 10.8 Å². The molecular formula is C17H10Cl2O2. The van der Waals surface area contributed by atoms with Crippen LogP contribution in [0.5, 0.6) is 5.75 Å². The molecular weight excluding hydrogens is 307 g/mol. The van der Waals surface area contributed by atoms with Gasteiger partial charge in [-0.25, -0.2) is 4.79 Å². The van der Waals surface area contributed by atoms with Gasteiger partial charge in [0.2, 0.25) is 0 Å². The van der Waals surface area contributed by atoms with E-state index < -0.39 is 5.97 Å². The predicted octanol–water partition coefficient (Wildman–Crippen LogP) is 5.37. The predicted molar refractivity (Wildman–Crippen MR) is 85.4 cm³/mol. The van der Waals surface area contributed by atoms with Crippen molar-refractivity contribution >= 4 is 39.9 Å². The molecule has 0 aliphatic rings. The normalized spacial score (nSPS) is 10.6. The Morgan fingerprint density at radius 1 is 0.810 bits per heavy atom. The van der Waals surface area contributed by atoms with Crippen molar-refractivity contribution in [2.24, 2.45) is 0 Å². The number of ether oxygens (including phenoxy) is 1. The molecule has 0 heterocycles. The van der Waals surface area contributed by atoms with E-state index in [9.17, 15) is 4.79 Å². The van der Waals surface area contributed by atoms with E-state index in [-0.39, 0.29) is 0 Å². The number of esters is 1. The maximum Gasteiger partial charge on any atom is 0.343 e. The fraction of sp³-hybridized carbons (Fsp3) is 0. The standard InChI is InChI=1S/C17H10Cl2O2/c18-12-7-5-11(6-8-12)17(20)21-16-10-9-15(19)13-3-1-2-4-14(13)16/h1-10H. The summed E-state index contributed by atoms with van der Waals surface area (Å²) in [5, 5.41) is 2.84. The minimum atomic E-state index is -0.431. The highest BCUT2D eigenvalue weighted by Gasteiger charge is 2.11. The molecule has 0 atom stereocenters. The molecule has 3 aromatic carbocycles. The fourth-order valence-corrected chi connectivity index (χ4v) is 2.42. The van der Waals surface area contributed by atoms with Gasteiger partial charge in [-0.3, -0.25) is 0 Å². The third-order valence-corrected chi connectivity index (χ3v) is 3.70. The molecule has 0 aromatic heterocycles. The van der Waals surface area contributed by atoms with Crippen LogP contribution in [0.1, 0.15) is 10.4 Å². The van der Waals surface area contributed by atoms with Gasteiger partial charge in [-0.15, -0.1) is 0 Å². The Bertz CT molecular complexity index is 811. The molecule has 0 saturated heterocycles. The second-order valence-electron chi connectivity index (χ2n) is 4.49. The molecule has 0 aliphatic heterocycles. The van der Waals surface area contributed by atoms with Gasteiger partial charge in [-0.1, -0.05) is 47.5 Å². The number of fused-ring (bicyclic) bond motifs is 1. The second-order valence-corrected chi connectivity index (χ2v) is 5.33. The summed E-state index contributed by atoms with van der Waals surface area (Å²) >= 11 is 12.0. The summed E-state index contributed by atoms with van der Waals surface area (Å²) < 4.78 is 5.47. The maximum absolute atomic E-state index is 12.2. The number of carbonyl (C=O) groups is 1. The first-order valence-corrected chi connectivity index (χ1v) is 7.06. The summed E-state index contributed by atoms with van der Waals surface area (Å²) in [6.07, 6.45) is 0. The summed E-state index contributed by atoms with van der Waals surface area (Å²) in [6.45, 7) is 0. The van der Waals surface area contributed by atoms with E-state index in [0.717, 1.165) is 10.8 Å². The number of benzene rings is 3. The number of hydrogen-bond donors (Lipinski definition) is 0. The molecule has 0 unspecified atom stereocenters. The zero-order valence-electron chi connectivity index (χ0n) is 10.8. The lowest BCUT2D eigenvalue weighted by Gasteiger charge is -2.09. The largest absolute Gasteiger partial charge is 0.422 e. The molecule has 0 amide bonds. The van der Waals surface area contributed by atoms with Crippen LogP contribution in [0.3, 0.4) is 0 Å². The van der Waals surface area contributed by atoms with Crippen LogP contribution in [0, 0.1) is 0 Å². The van der Waals surface area contributed by atoms with Gasteiger partial charge in [0.25, 0.3) is 0 Å². The van der Waals surface area contributed by atoms with Crippen LogP contribution in [-0.4, -0.2) is 5.97 Å².